The number of halogens is 4. The van der Waals surface area contributed by atoms with Crippen molar-refractivity contribution in [3.05, 3.63) is 112 Å². The number of methoxy groups -OCH3 is 1. The molecule has 1 fully saturated rings. The molecular weight excluding hydrogens is 534 g/mol. The first-order valence-electron chi connectivity index (χ1n) is 13.1. The number of ether oxygens (including phenoxy) is 2. The number of hydrogen-bond acceptors (Lipinski definition) is 3. The minimum atomic E-state index is -4.53. The average molecular weight is 564 g/mol. The van der Waals surface area contributed by atoms with Crippen LogP contribution >= 0.6 is 0 Å². The van der Waals surface area contributed by atoms with E-state index in [1.54, 1.807) is 33.1 Å². The van der Waals surface area contributed by atoms with Crippen molar-refractivity contribution in [3.63, 3.8) is 0 Å². The van der Waals surface area contributed by atoms with Gasteiger partial charge in [-0.3, -0.25) is 4.90 Å². The van der Waals surface area contributed by atoms with E-state index >= 15 is 0 Å². The first-order valence-corrected chi connectivity index (χ1v) is 13.1. The number of cyclic esters (lactones) is 1. The number of nitrogens with zero attached hydrogens (tertiary/aromatic N) is 1. The molecule has 0 spiro atoms. The zero-order valence-corrected chi connectivity index (χ0v) is 23.1. The molecule has 0 aliphatic carbocycles. The molecule has 212 valence electrons. The maximum Gasteiger partial charge on any atom is 0.416 e. The van der Waals surface area contributed by atoms with Crippen LogP contribution in [0, 0.1) is 19.7 Å². The fourth-order valence-electron chi connectivity index (χ4n) is 5.42. The van der Waals surface area contributed by atoms with Gasteiger partial charge in [0, 0.05) is 5.56 Å². The zero-order chi connectivity index (χ0) is 29.5. The molecule has 0 unspecified atom stereocenters. The van der Waals surface area contributed by atoms with Gasteiger partial charge in [-0.05, 0) is 90.6 Å². The normalized spacial score (nSPS) is 17.1. The molecule has 0 N–H and O–H groups in total. The van der Waals surface area contributed by atoms with Gasteiger partial charge in [0.25, 0.3) is 0 Å². The molecule has 4 aromatic rings. The second-order valence-electron chi connectivity index (χ2n) is 10.3. The lowest BCUT2D eigenvalue weighted by Crippen LogP contribution is -2.31. The number of carbonyl (C=O) groups excluding carboxylic acids is 1. The fourth-order valence-corrected chi connectivity index (χ4v) is 5.42. The van der Waals surface area contributed by atoms with Gasteiger partial charge >= 0.3 is 12.3 Å². The Morgan fingerprint density at radius 1 is 0.902 bits per heavy atom. The van der Waals surface area contributed by atoms with Crippen LogP contribution < -0.4 is 4.74 Å². The molecule has 4 nitrogen and oxygen atoms in total. The second kappa shape index (κ2) is 10.9. The zero-order valence-electron chi connectivity index (χ0n) is 23.1. The summed E-state index contributed by atoms with van der Waals surface area (Å²) in [4.78, 5) is 14.4. The Balaban J connectivity index is 1.52. The molecule has 1 aliphatic rings. The van der Waals surface area contributed by atoms with Gasteiger partial charge in [-0.25, -0.2) is 9.18 Å². The number of alkyl halides is 3. The molecule has 0 saturated carbocycles. The van der Waals surface area contributed by atoms with Crippen LogP contribution in [-0.2, 0) is 17.5 Å². The van der Waals surface area contributed by atoms with Gasteiger partial charge in [0.2, 0.25) is 0 Å². The minimum Gasteiger partial charge on any atom is -0.496 e. The predicted octanol–water partition coefficient (Wildman–Crippen LogP) is 8.89. The van der Waals surface area contributed by atoms with Crippen LogP contribution in [0.3, 0.4) is 0 Å². The molecule has 1 amide bonds. The highest BCUT2D eigenvalue weighted by Gasteiger charge is 2.41. The number of amides is 1. The lowest BCUT2D eigenvalue weighted by molar-refractivity contribution is -0.137. The molecule has 0 radical (unpaired) electrons. The summed E-state index contributed by atoms with van der Waals surface area (Å²) in [6.45, 7) is 5.28. The fraction of sp³-hybridized carbons (Fsp3) is 0.242. The Labute approximate surface area is 236 Å². The van der Waals surface area contributed by atoms with Gasteiger partial charge in [0.05, 0.1) is 25.3 Å². The first kappa shape index (κ1) is 28.2. The van der Waals surface area contributed by atoms with Gasteiger partial charge in [-0.2, -0.15) is 13.2 Å². The van der Waals surface area contributed by atoms with Crippen molar-refractivity contribution in [2.45, 2.75) is 45.6 Å². The van der Waals surface area contributed by atoms with Crippen LogP contribution in [0.25, 0.3) is 22.3 Å². The average Bonchev–Trinajstić information content (AvgIpc) is 3.21. The predicted molar refractivity (Wildman–Crippen MR) is 149 cm³/mol. The first-order chi connectivity index (χ1) is 19.5. The van der Waals surface area contributed by atoms with E-state index in [1.807, 2.05) is 49.4 Å². The number of carbonyl (C=O) groups is 1. The molecule has 8 heteroatoms. The molecule has 1 saturated heterocycles. The van der Waals surface area contributed by atoms with E-state index < -0.39 is 35.8 Å². The Kier molecular flexibility index (Phi) is 7.51. The Morgan fingerprint density at radius 2 is 1.66 bits per heavy atom. The molecule has 4 aromatic carbocycles. The topological polar surface area (TPSA) is 38.8 Å². The van der Waals surface area contributed by atoms with Crippen LogP contribution in [0.4, 0.5) is 22.4 Å². The van der Waals surface area contributed by atoms with Crippen molar-refractivity contribution in [1.82, 2.24) is 4.90 Å². The summed E-state index contributed by atoms with van der Waals surface area (Å²) in [6, 6.07) is 21.1. The van der Waals surface area contributed by atoms with E-state index in [-0.39, 0.29) is 12.1 Å². The second-order valence-corrected chi connectivity index (χ2v) is 10.3. The van der Waals surface area contributed by atoms with Crippen molar-refractivity contribution in [1.29, 1.82) is 0 Å². The van der Waals surface area contributed by atoms with Crippen molar-refractivity contribution in [2.24, 2.45) is 0 Å². The van der Waals surface area contributed by atoms with Crippen molar-refractivity contribution in [3.8, 4) is 28.0 Å². The summed E-state index contributed by atoms with van der Waals surface area (Å²) in [5.41, 5.74) is 4.83. The van der Waals surface area contributed by atoms with E-state index in [9.17, 15) is 22.4 Å². The SMILES string of the molecule is COc1ccc(-c2ccccc2C)cc1-c1ccc(F)cc1CN1C(=O)O[C@H](c2cc(C)cc(C(F)(F)F)c2)[C@@H]1C. The summed E-state index contributed by atoms with van der Waals surface area (Å²) in [5.74, 6) is 0.0904. The van der Waals surface area contributed by atoms with Crippen LogP contribution in [0.1, 0.15) is 40.8 Å². The molecule has 1 heterocycles. The monoisotopic (exact) mass is 563 g/mol. The summed E-state index contributed by atoms with van der Waals surface area (Å²) in [5, 5.41) is 0. The van der Waals surface area contributed by atoms with E-state index in [1.165, 1.54) is 17.0 Å². The Morgan fingerprint density at radius 3 is 2.37 bits per heavy atom. The summed E-state index contributed by atoms with van der Waals surface area (Å²) >= 11 is 0. The van der Waals surface area contributed by atoms with Crippen molar-refractivity contribution < 1.29 is 31.8 Å². The maximum absolute atomic E-state index is 14.6. The quantitative estimate of drug-likeness (QED) is 0.220. The van der Waals surface area contributed by atoms with Gasteiger partial charge in [-0.15, -0.1) is 0 Å². The number of aryl methyl sites for hydroxylation is 2. The molecule has 2 atom stereocenters. The Bertz CT molecular complexity index is 1610. The third-order valence-corrected chi connectivity index (χ3v) is 7.50. The van der Waals surface area contributed by atoms with E-state index in [0.29, 0.717) is 28.0 Å². The van der Waals surface area contributed by atoms with Gasteiger partial charge in [-0.1, -0.05) is 48.0 Å². The summed E-state index contributed by atoms with van der Waals surface area (Å²) in [7, 11) is 1.55. The Hall–Kier alpha value is -4.33. The smallest absolute Gasteiger partial charge is 0.416 e. The number of hydrogen-bond donors (Lipinski definition) is 0. The molecule has 41 heavy (non-hydrogen) atoms. The van der Waals surface area contributed by atoms with Crippen molar-refractivity contribution >= 4 is 6.09 Å². The molecule has 0 aromatic heterocycles. The van der Waals surface area contributed by atoms with Gasteiger partial charge in [0.1, 0.15) is 17.7 Å². The highest BCUT2D eigenvalue weighted by atomic mass is 19.4. The number of rotatable bonds is 6. The lowest BCUT2D eigenvalue weighted by atomic mass is 9.93. The third kappa shape index (κ3) is 5.64. The highest BCUT2D eigenvalue weighted by Crippen LogP contribution is 2.41. The van der Waals surface area contributed by atoms with E-state index in [4.69, 9.17) is 9.47 Å². The largest absolute Gasteiger partial charge is 0.496 e. The van der Waals surface area contributed by atoms with Crippen molar-refractivity contribution in [2.75, 3.05) is 7.11 Å². The maximum atomic E-state index is 14.6. The highest BCUT2D eigenvalue weighted by molar-refractivity contribution is 5.81. The molecule has 5 rings (SSSR count). The standard InChI is InChI=1S/C33H29F4NO3/c1-19-13-23(15-25(14-19)33(35,36)37)31-21(3)38(32(39)41-31)18-24-16-26(34)10-11-28(24)29-17-22(9-12-30(29)40-4)27-8-6-5-7-20(27)2/h5-17,21,31H,18H2,1-4H3/t21-,31-/m0/s1. The number of benzene rings is 4. The summed E-state index contributed by atoms with van der Waals surface area (Å²) < 4.78 is 66.2. The van der Waals surface area contributed by atoms with E-state index in [0.717, 1.165) is 28.8 Å². The lowest BCUT2D eigenvalue weighted by Gasteiger charge is -2.23. The molecular formula is C33H29F4NO3. The van der Waals surface area contributed by atoms with Crippen LogP contribution in [0.5, 0.6) is 5.75 Å². The van der Waals surface area contributed by atoms with Crippen LogP contribution in [0.15, 0.2) is 78.9 Å². The summed E-state index contributed by atoms with van der Waals surface area (Å²) in [6.07, 6.45) is -6.14. The van der Waals surface area contributed by atoms with Crippen LogP contribution in [0.2, 0.25) is 0 Å². The molecule has 0 bridgehead atoms. The van der Waals surface area contributed by atoms with E-state index in [2.05, 4.69) is 0 Å². The molecule has 1 aliphatic heterocycles. The van der Waals surface area contributed by atoms with Gasteiger partial charge < -0.3 is 9.47 Å². The third-order valence-electron chi connectivity index (χ3n) is 7.50. The van der Waals surface area contributed by atoms with Gasteiger partial charge in [0.15, 0.2) is 0 Å². The van der Waals surface area contributed by atoms with Crippen LogP contribution in [-0.4, -0.2) is 24.1 Å². The minimum absolute atomic E-state index is 0.0146.